The predicted molar refractivity (Wildman–Crippen MR) is 108 cm³/mol. The number of benzene rings is 2. The predicted octanol–water partition coefficient (Wildman–Crippen LogP) is 2.56. The van der Waals surface area contributed by atoms with E-state index >= 15 is 0 Å². The summed E-state index contributed by atoms with van der Waals surface area (Å²) in [5, 5.41) is 0. The molecule has 0 aliphatic rings. The zero-order valence-electron chi connectivity index (χ0n) is 15.7. The second-order valence-electron chi connectivity index (χ2n) is 6.57. The molecule has 1 N–H and O–H groups in total. The summed E-state index contributed by atoms with van der Waals surface area (Å²) in [4.78, 5) is 34.2. The summed E-state index contributed by atoms with van der Waals surface area (Å²) < 4.78 is 6.85. The summed E-state index contributed by atoms with van der Waals surface area (Å²) in [5.74, 6) is 0.545. The van der Waals surface area contributed by atoms with E-state index in [1.807, 2.05) is 30.3 Å². The Balaban J connectivity index is 1.91. The largest absolute Gasteiger partial charge is 0.383 e. The monoisotopic (exact) mass is 376 g/mol. The van der Waals surface area contributed by atoms with Crippen molar-refractivity contribution >= 4 is 22.5 Å². The van der Waals surface area contributed by atoms with Crippen molar-refractivity contribution in [2.24, 2.45) is 0 Å². The third-order valence-corrected chi connectivity index (χ3v) is 4.74. The molecule has 0 radical (unpaired) electrons. The molecule has 0 aliphatic carbocycles. The maximum absolute atomic E-state index is 12.8. The normalized spacial score (nSPS) is 11.2. The number of carbonyl (C=O) groups excluding carboxylic acids is 1. The second kappa shape index (κ2) is 7.28. The first-order valence-corrected chi connectivity index (χ1v) is 8.93. The van der Waals surface area contributed by atoms with E-state index in [-0.39, 0.29) is 11.5 Å². The first kappa shape index (κ1) is 17.9. The average molecular weight is 376 g/mol. The van der Waals surface area contributed by atoms with Crippen molar-refractivity contribution in [2.45, 2.75) is 0 Å². The van der Waals surface area contributed by atoms with Crippen LogP contribution in [-0.4, -0.2) is 52.5 Å². The van der Waals surface area contributed by atoms with Gasteiger partial charge in [-0.3, -0.25) is 14.0 Å². The molecule has 2 aromatic carbocycles. The molecule has 2 heterocycles. The van der Waals surface area contributed by atoms with Gasteiger partial charge in [0.15, 0.2) is 0 Å². The van der Waals surface area contributed by atoms with Gasteiger partial charge in [-0.15, -0.1) is 0 Å². The van der Waals surface area contributed by atoms with Gasteiger partial charge >= 0.3 is 0 Å². The minimum atomic E-state index is -0.224. The van der Waals surface area contributed by atoms with Crippen LogP contribution in [0.2, 0.25) is 0 Å². The maximum Gasteiger partial charge on any atom is 0.274 e. The number of rotatable bonds is 5. The van der Waals surface area contributed by atoms with E-state index in [2.05, 4.69) is 9.97 Å². The molecule has 4 aromatic rings. The molecule has 4 rings (SSSR count). The number of aromatic nitrogens is 3. The number of nitrogens with one attached hydrogen (secondary N) is 1. The van der Waals surface area contributed by atoms with Crippen molar-refractivity contribution < 1.29 is 9.53 Å². The van der Waals surface area contributed by atoms with E-state index in [4.69, 9.17) is 4.74 Å². The van der Waals surface area contributed by atoms with Crippen molar-refractivity contribution in [3.63, 3.8) is 0 Å². The Hall–Kier alpha value is -3.45. The Bertz CT molecular complexity index is 1210. The highest BCUT2D eigenvalue weighted by Gasteiger charge is 2.16. The first-order valence-electron chi connectivity index (χ1n) is 8.93. The van der Waals surface area contributed by atoms with Crippen LogP contribution in [0.25, 0.3) is 27.9 Å². The van der Waals surface area contributed by atoms with Gasteiger partial charge in [0, 0.05) is 31.8 Å². The van der Waals surface area contributed by atoms with Crippen LogP contribution in [0.1, 0.15) is 10.4 Å². The fourth-order valence-corrected chi connectivity index (χ4v) is 3.24. The van der Waals surface area contributed by atoms with Crippen LogP contribution in [0, 0.1) is 0 Å². The van der Waals surface area contributed by atoms with E-state index in [9.17, 15) is 9.59 Å². The summed E-state index contributed by atoms with van der Waals surface area (Å²) in [6.07, 6.45) is 1.56. The van der Waals surface area contributed by atoms with Gasteiger partial charge in [-0.05, 0) is 18.2 Å². The lowest BCUT2D eigenvalue weighted by atomic mass is 10.1. The number of hydrogen-bond donors (Lipinski definition) is 1. The Labute approximate surface area is 161 Å². The molecule has 7 nitrogen and oxygen atoms in total. The second-order valence-corrected chi connectivity index (χ2v) is 6.57. The average Bonchev–Trinajstić information content (AvgIpc) is 3.18. The third kappa shape index (κ3) is 3.05. The van der Waals surface area contributed by atoms with Crippen molar-refractivity contribution in [3.05, 3.63) is 70.6 Å². The minimum absolute atomic E-state index is 0.111. The third-order valence-electron chi connectivity index (χ3n) is 4.74. The lowest BCUT2D eigenvalue weighted by molar-refractivity contribution is 0.0744. The Kier molecular flexibility index (Phi) is 4.67. The molecule has 0 saturated heterocycles. The van der Waals surface area contributed by atoms with E-state index in [0.29, 0.717) is 35.6 Å². The fraction of sp³-hybridized carbons (Fsp3) is 0.190. The molecule has 7 heteroatoms. The van der Waals surface area contributed by atoms with Crippen LogP contribution >= 0.6 is 0 Å². The van der Waals surface area contributed by atoms with Crippen LogP contribution in [0.15, 0.2) is 59.5 Å². The molecule has 0 bridgehead atoms. The molecule has 142 valence electrons. The van der Waals surface area contributed by atoms with Crippen molar-refractivity contribution in [1.29, 1.82) is 0 Å². The van der Waals surface area contributed by atoms with Gasteiger partial charge in [0.1, 0.15) is 11.3 Å². The fourth-order valence-electron chi connectivity index (χ4n) is 3.24. The summed E-state index contributed by atoms with van der Waals surface area (Å²) in [6, 6.07) is 14.9. The number of methoxy groups -OCH3 is 1. The van der Waals surface area contributed by atoms with Gasteiger partial charge in [0.25, 0.3) is 11.5 Å². The molecule has 0 fully saturated rings. The minimum Gasteiger partial charge on any atom is -0.383 e. The lowest BCUT2D eigenvalue weighted by Crippen LogP contribution is -2.30. The van der Waals surface area contributed by atoms with Crippen molar-refractivity contribution in [2.75, 3.05) is 27.3 Å². The number of carbonyl (C=O) groups is 1. The SMILES string of the molecule is COCCN(C)C(=O)c1ccc2[nH]c(=O)c3cnc(-c4ccccc4)n3c2c1. The number of H-pyrrole nitrogens is 1. The number of nitrogens with zero attached hydrogens (tertiary/aromatic N) is 3. The molecule has 0 atom stereocenters. The Morgan fingerprint density at radius 1 is 1.18 bits per heavy atom. The van der Waals surface area contributed by atoms with Gasteiger partial charge in [0.05, 0.1) is 23.8 Å². The van der Waals surface area contributed by atoms with Gasteiger partial charge in [0.2, 0.25) is 0 Å². The van der Waals surface area contributed by atoms with Gasteiger partial charge in [-0.1, -0.05) is 30.3 Å². The Morgan fingerprint density at radius 3 is 2.71 bits per heavy atom. The quantitative estimate of drug-likeness (QED) is 0.581. The summed E-state index contributed by atoms with van der Waals surface area (Å²) in [7, 11) is 3.34. The van der Waals surface area contributed by atoms with Gasteiger partial charge in [-0.25, -0.2) is 4.98 Å². The number of ether oxygens (including phenoxy) is 1. The van der Waals surface area contributed by atoms with Crippen LogP contribution in [0.5, 0.6) is 0 Å². The maximum atomic E-state index is 12.8. The molecule has 0 unspecified atom stereocenters. The number of fused-ring (bicyclic) bond motifs is 3. The van der Waals surface area contributed by atoms with E-state index in [1.54, 1.807) is 47.9 Å². The van der Waals surface area contributed by atoms with Gasteiger partial charge in [-0.2, -0.15) is 0 Å². The molecule has 28 heavy (non-hydrogen) atoms. The highest BCUT2D eigenvalue weighted by Crippen LogP contribution is 2.23. The Morgan fingerprint density at radius 2 is 1.96 bits per heavy atom. The highest BCUT2D eigenvalue weighted by atomic mass is 16.5. The topological polar surface area (TPSA) is 79.7 Å². The highest BCUT2D eigenvalue weighted by molar-refractivity contribution is 5.97. The van der Waals surface area contributed by atoms with Gasteiger partial charge < -0.3 is 14.6 Å². The number of likely N-dealkylation sites (N-methyl/N-ethyl adjacent to an activating group) is 1. The molecule has 0 aliphatic heterocycles. The van der Waals surface area contributed by atoms with Crippen LogP contribution < -0.4 is 5.56 Å². The van der Waals surface area contributed by atoms with Crippen LogP contribution in [0.3, 0.4) is 0 Å². The van der Waals surface area contributed by atoms with E-state index in [0.717, 1.165) is 11.1 Å². The standard InChI is InChI=1S/C21H20N4O3/c1-24(10-11-28-2)21(27)15-8-9-16-17(12-15)25-18(20(26)23-16)13-22-19(25)14-6-4-3-5-7-14/h3-9,12-13H,10-11H2,1-2H3,(H,23,26). The first-order chi connectivity index (χ1) is 13.6. The zero-order valence-corrected chi connectivity index (χ0v) is 15.7. The molecule has 1 amide bonds. The molecule has 0 spiro atoms. The number of imidazole rings is 1. The molecular formula is C21H20N4O3. The smallest absolute Gasteiger partial charge is 0.274 e. The number of hydrogen-bond acceptors (Lipinski definition) is 4. The van der Waals surface area contributed by atoms with Crippen LogP contribution in [0.4, 0.5) is 0 Å². The van der Waals surface area contributed by atoms with Crippen LogP contribution in [-0.2, 0) is 4.74 Å². The zero-order chi connectivity index (χ0) is 19.7. The molecule has 2 aromatic heterocycles. The van der Waals surface area contributed by atoms with Crippen molar-refractivity contribution in [3.8, 4) is 11.4 Å². The summed E-state index contributed by atoms with van der Waals surface area (Å²) in [5.41, 5.74) is 3.00. The number of aromatic amines is 1. The summed E-state index contributed by atoms with van der Waals surface area (Å²) in [6.45, 7) is 0.960. The number of amides is 1. The summed E-state index contributed by atoms with van der Waals surface area (Å²) >= 11 is 0. The molecular weight excluding hydrogens is 356 g/mol. The van der Waals surface area contributed by atoms with E-state index < -0.39 is 0 Å². The van der Waals surface area contributed by atoms with E-state index in [1.165, 1.54) is 0 Å². The van der Waals surface area contributed by atoms with Crippen molar-refractivity contribution in [1.82, 2.24) is 19.3 Å². The molecule has 0 saturated carbocycles. The lowest BCUT2D eigenvalue weighted by Gasteiger charge is -2.17.